The summed E-state index contributed by atoms with van der Waals surface area (Å²) in [6, 6.07) is 14.3. The van der Waals surface area contributed by atoms with E-state index in [2.05, 4.69) is 10.4 Å². The van der Waals surface area contributed by atoms with E-state index in [1.165, 1.54) is 10.7 Å². The van der Waals surface area contributed by atoms with Gasteiger partial charge in [-0.05, 0) is 62.2 Å². The number of hydrogen-bond donors (Lipinski definition) is 1. The topological polar surface area (TPSA) is 91.7 Å². The summed E-state index contributed by atoms with van der Waals surface area (Å²) in [5, 5.41) is 7.23. The van der Waals surface area contributed by atoms with Crippen molar-refractivity contribution in [1.82, 2.24) is 15.1 Å². The average molecular weight is 452 g/mol. The number of hydrogen-bond acceptors (Lipinski definition) is 6. The minimum atomic E-state index is -0.673. The Morgan fingerprint density at radius 3 is 2.52 bits per heavy atom. The maximum absolute atomic E-state index is 12.5. The monoisotopic (exact) mass is 451 g/mol. The van der Waals surface area contributed by atoms with E-state index in [4.69, 9.17) is 14.2 Å². The molecule has 0 spiro atoms. The van der Waals surface area contributed by atoms with Gasteiger partial charge in [0.2, 0.25) is 0 Å². The zero-order chi connectivity index (χ0) is 24.0. The van der Waals surface area contributed by atoms with Crippen molar-refractivity contribution in [2.75, 3.05) is 20.8 Å². The molecule has 3 rings (SSSR count). The molecule has 2 aromatic carbocycles. The number of ether oxygens (including phenoxy) is 3. The van der Waals surface area contributed by atoms with Crippen LogP contribution in [0.3, 0.4) is 0 Å². The molecule has 0 aliphatic rings. The van der Waals surface area contributed by atoms with Gasteiger partial charge in [-0.25, -0.2) is 4.68 Å². The highest BCUT2D eigenvalue weighted by Gasteiger charge is 2.16. The third kappa shape index (κ3) is 5.71. The lowest BCUT2D eigenvalue weighted by molar-refractivity contribution is -0.127. The number of methoxy groups -OCH3 is 2. The van der Waals surface area contributed by atoms with Crippen molar-refractivity contribution in [2.24, 2.45) is 0 Å². The number of rotatable bonds is 9. The first kappa shape index (κ1) is 23.8. The summed E-state index contributed by atoms with van der Waals surface area (Å²) in [4.78, 5) is 24.7. The van der Waals surface area contributed by atoms with Crippen molar-refractivity contribution in [1.29, 1.82) is 0 Å². The largest absolute Gasteiger partial charge is 0.493 e. The van der Waals surface area contributed by atoms with Crippen molar-refractivity contribution in [2.45, 2.75) is 33.4 Å². The molecule has 0 saturated carbocycles. The van der Waals surface area contributed by atoms with E-state index in [1.807, 2.05) is 38.1 Å². The molecule has 0 radical (unpaired) electrons. The lowest BCUT2D eigenvalue weighted by atomic mass is 10.1. The number of carbonyl (C=O) groups is 1. The lowest BCUT2D eigenvalue weighted by Gasteiger charge is -2.17. The minimum Gasteiger partial charge on any atom is -0.493 e. The molecule has 174 valence electrons. The number of amides is 1. The Morgan fingerprint density at radius 1 is 1.03 bits per heavy atom. The van der Waals surface area contributed by atoms with Gasteiger partial charge in [0.25, 0.3) is 11.5 Å². The van der Waals surface area contributed by atoms with Crippen LogP contribution in [0, 0.1) is 13.8 Å². The number of nitrogens with zero attached hydrogens (tertiary/aromatic N) is 2. The van der Waals surface area contributed by atoms with E-state index in [0.717, 1.165) is 16.7 Å². The molecule has 0 fully saturated rings. The van der Waals surface area contributed by atoms with Gasteiger partial charge in [-0.1, -0.05) is 12.1 Å². The molecule has 3 aromatic rings. The number of aryl methyl sites for hydroxylation is 1. The quantitative estimate of drug-likeness (QED) is 0.538. The van der Waals surface area contributed by atoms with E-state index >= 15 is 0 Å². The summed E-state index contributed by atoms with van der Waals surface area (Å²) in [6.07, 6.45) is -0.673. The summed E-state index contributed by atoms with van der Waals surface area (Å²) >= 11 is 0. The van der Waals surface area contributed by atoms with Gasteiger partial charge in [0.1, 0.15) is 5.75 Å². The third-order valence-electron chi connectivity index (χ3n) is 5.40. The first-order chi connectivity index (χ1) is 15.8. The highest BCUT2D eigenvalue weighted by atomic mass is 16.5. The van der Waals surface area contributed by atoms with Crippen molar-refractivity contribution in [3.8, 4) is 28.5 Å². The predicted octanol–water partition coefficient (Wildman–Crippen LogP) is 3.13. The number of aromatic nitrogens is 2. The smallest absolute Gasteiger partial charge is 0.266 e. The van der Waals surface area contributed by atoms with Crippen molar-refractivity contribution >= 4 is 5.91 Å². The molecule has 1 N–H and O–H groups in total. The first-order valence-corrected chi connectivity index (χ1v) is 10.6. The van der Waals surface area contributed by atoms with E-state index in [9.17, 15) is 9.59 Å². The Hall–Kier alpha value is -3.81. The normalized spacial score (nSPS) is 11.5. The van der Waals surface area contributed by atoms with E-state index in [0.29, 0.717) is 22.9 Å². The van der Waals surface area contributed by atoms with Gasteiger partial charge in [-0.2, -0.15) is 5.10 Å². The van der Waals surface area contributed by atoms with Crippen molar-refractivity contribution in [3.05, 3.63) is 70.0 Å². The van der Waals surface area contributed by atoms with Crippen LogP contribution in [-0.4, -0.2) is 42.6 Å². The summed E-state index contributed by atoms with van der Waals surface area (Å²) in [7, 11) is 3.13. The molecule has 8 nitrogen and oxygen atoms in total. The minimum absolute atomic E-state index is 0.224. The van der Waals surface area contributed by atoms with Gasteiger partial charge < -0.3 is 19.5 Å². The van der Waals surface area contributed by atoms with Crippen LogP contribution in [-0.2, 0) is 11.3 Å². The lowest BCUT2D eigenvalue weighted by Crippen LogP contribution is -2.39. The molecular formula is C25H29N3O5. The molecule has 1 atom stereocenters. The van der Waals surface area contributed by atoms with Crippen LogP contribution in [0.15, 0.2) is 53.3 Å². The SMILES string of the molecule is COc1ccc(-c2ccc(=O)n(CCNC(=O)C(C)Oc3cccc(C)c3C)n2)cc1OC. The molecular weight excluding hydrogens is 422 g/mol. The fraction of sp³-hybridized carbons (Fsp3) is 0.320. The maximum Gasteiger partial charge on any atom is 0.266 e. The zero-order valence-electron chi connectivity index (χ0n) is 19.5. The second-order valence-corrected chi connectivity index (χ2v) is 7.60. The van der Waals surface area contributed by atoms with Crippen LogP contribution in [0.25, 0.3) is 11.3 Å². The Bertz CT molecular complexity index is 1190. The van der Waals surface area contributed by atoms with Crippen LogP contribution >= 0.6 is 0 Å². The van der Waals surface area contributed by atoms with Gasteiger partial charge in [0.15, 0.2) is 17.6 Å². The second kappa shape index (κ2) is 10.7. The Balaban J connectivity index is 1.64. The fourth-order valence-electron chi connectivity index (χ4n) is 3.28. The van der Waals surface area contributed by atoms with E-state index in [-0.39, 0.29) is 24.6 Å². The van der Waals surface area contributed by atoms with Gasteiger partial charge in [0, 0.05) is 18.2 Å². The molecule has 0 aliphatic carbocycles. The molecule has 1 amide bonds. The molecule has 1 unspecified atom stereocenters. The van der Waals surface area contributed by atoms with Crippen molar-refractivity contribution < 1.29 is 19.0 Å². The molecule has 1 aromatic heterocycles. The highest BCUT2D eigenvalue weighted by molar-refractivity contribution is 5.80. The fourth-order valence-corrected chi connectivity index (χ4v) is 3.28. The summed E-state index contributed by atoms with van der Waals surface area (Å²) in [5.74, 6) is 1.59. The molecule has 1 heterocycles. The molecule has 33 heavy (non-hydrogen) atoms. The molecule has 0 bridgehead atoms. The standard InChI is InChI=1S/C25H29N3O5/c1-16-7-6-8-21(17(16)2)33-18(3)25(30)26-13-14-28-24(29)12-10-20(27-28)19-9-11-22(31-4)23(15-19)32-5/h6-12,15,18H,13-14H2,1-5H3,(H,26,30). The van der Waals surface area contributed by atoms with Gasteiger partial charge in [-0.15, -0.1) is 0 Å². The van der Waals surface area contributed by atoms with Gasteiger partial charge >= 0.3 is 0 Å². The number of carbonyl (C=O) groups excluding carboxylic acids is 1. The zero-order valence-corrected chi connectivity index (χ0v) is 19.5. The van der Waals surface area contributed by atoms with Crippen LogP contribution < -0.4 is 25.1 Å². The average Bonchev–Trinajstić information content (AvgIpc) is 2.82. The summed E-state index contributed by atoms with van der Waals surface area (Å²) < 4.78 is 17.7. The van der Waals surface area contributed by atoms with Crippen LogP contribution in [0.1, 0.15) is 18.1 Å². The summed E-state index contributed by atoms with van der Waals surface area (Å²) in [5.41, 5.74) is 3.22. The number of benzene rings is 2. The van der Waals surface area contributed by atoms with Crippen LogP contribution in [0.2, 0.25) is 0 Å². The highest BCUT2D eigenvalue weighted by Crippen LogP contribution is 2.31. The Labute approximate surface area is 193 Å². The molecule has 0 saturated heterocycles. The van der Waals surface area contributed by atoms with Crippen molar-refractivity contribution in [3.63, 3.8) is 0 Å². The third-order valence-corrected chi connectivity index (χ3v) is 5.40. The Kier molecular flexibility index (Phi) is 7.71. The second-order valence-electron chi connectivity index (χ2n) is 7.60. The molecule has 0 aliphatic heterocycles. The predicted molar refractivity (Wildman–Crippen MR) is 126 cm³/mol. The van der Waals surface area contributed by atoms with Gasteiger partial charge in [0.05, 0.1) is 26.5 Å². The first-order valence-electron chi connectivity index (χ1n) is 10.6. The van der Waals surface area contributed by atoms with Gasteiger partial charge in [-0.3, -0.25) is 9.59 Å². The van der Waals surface area contributed by atoms with E-state index in [1.54, 1.807) is 39.3 Å². The Morgan fingerprint density at radius 2 is 1.79 bits per heavy atom. The van der Waals surface area contributed by atoms with E-state index < -0.39 is 6.10 Å². The van der Waals surface area contributed by atoms with Crippen LogP contribution in [0.5, 0.6) is 17.2 Å². The summed E-state index contributed by atoms with van der Waals surface area (Å²) in [6.45, 7) is 6.11. The molecule has 8 heteroatoms. The van der Waals surface area contributed by atoms with Crippen LogP contribution in [0.4, 0.5) is 0 Å². The number of nitrogens with one attached hydrogen (secondary N) is 1. The maximum atomic E-state index is 12.5.